The van der Waals surface area contributed by atoms with Gasteiger partial charge in [-0.05, 0) is 30.3 Å². The number of nitrogens with zero attached hydrogens (tertiary/aromatic N) is 1. The van der Waals surface area contributed by atoms with E-state index in [2.05, 4.69) is 0 Å². The minimum absolute atomic E-state index is 0.0231. The van der Waals surface area contributed by atoms with Crippen LogP contribution in [-0.2, 0) is 0 Å². The van der Waals surface area contributed by atoms with E-state index < -0.39 is 17.5 Å². The number of ketones is 1. The Balaban J connectivity index is 2.49. The third kappa shape index (κ3) is 3.19. The van der Waals surface area contributed by atoms with E-state index in [-0.39, 0.29) is 26.2 Å². The number of carbonyl (C=O) groups is 1. The lowest BCUT2D eigenvalue weighted by molar-refractivity contribution is 0.0977. The molecule has 0 saturated heterocycles. The first-order valence-corrected chi connectivity index (χ1v) is 6.92. The Kier molecular flexibility index (Phi) is 4.84. The summed E-state index contributed by atoms with van der Waals surface area (Å²) in [6.07, 6.45) is 0. The van der Waals surface area contributed by atoms with Gasteiger partial charge in [-0.1, -0.05) is 40.9 Å². The zero-order valence-electron chi connectivity index (χ0n) is 10.4. The van der Waals surface area contributed by atoms with E-state index in [1.165, 1.54) is 30.3 Å². The van der Waals surface area contributed by atoms with Gasteiger partial charge in [-0.15, -0.1) is 0 Å². The highest BCUT2D eigenvalue weighted by molar-refractivity contribution is 6.42. The van der Waals surface area contributed by atoms with Crippen LogP contribution in [0, 0.1) is 17.1 Å². The van der Waals surface area contributed by atoms with E-state index in [9.17, 15) is 14.4 Å². The number of halogens is 4. The molecule has 0 fully saturated rings. The van der Waals surface area contributed by atoms with Crippen LogP contribution in [0.4, 0.5) is 4.39 Å². The second kappa shape index (κ2) is 6.44. The van der Waals surface area contributed by atoms with E-state index in [0.717, 1.165) is 6.07 Å². The SMILES string of the molecule is N#CC(C(=O)c1ccc(Cl)c(Cl)c1)c1c(F)cccc1Cl. The molecular weight excluding hydrogens is 336 g/mol. The largest absolute Gasteiger partial charge is 0.292 e. The second-order valence-corrected chi connectivity index (χ2v) is 5.41. The van der Waals surface area contributed by atoms with Crippen molar-refractivity contribution in [1.29, 1.82) is 5.26 Å². The monoisotopic (exact) mass is 341 g/mol. The highest BCUT2D eigenvalue weighted by atomic mass is 35.5. The number of hydrogen-bond acceptors (Lipinski definition) is 2. The average molecular weight is 343 g/mol. The van der Waals surface area contributed by atoms with E-state index in [4.69, 9.17) is 34.8 Å². The molecule has 0 saturated carbocycles. The van der Waals surface area contributed by atoms with Crippen molar-refractivity contribution in [3.05, 3.63) is 68.4 Å². The van der Waals surface area contributed by atoms with Gasteiger partial charge in [0.1, 0.15) is 11.7 Å². The molecule has 0 N–H and O–H groups in total. The molecule has 21 heavy (non-hydrogen) atoms. The van der Waals surface area contributed by atoms with Crippen molar-refractivity contribution in [3.8, 4) is 6.07 Å². The summed E-state index contributed by atoms with van der Waals surface area (Å²) in [7, 11) is 0. The van der Waals surface area contributed by atoms with Crippen LogP contribution in [0.3, 0.4) is 0 Å². The highest BCUT2D eigenvalue weighted by Gasteiger charge is 2.27. The van der Waals surface area contributed by atoms with E-state index in [1.54, 1.807) is 6.07 Å². The zero-order chi connectivity index (χ0) is 15.6. The predicted molar refractivity (Wildman–Crippen MR) is 80.6 cm³/mol. The predicted octanol–water partition coefficient (Wildman–Crippen LogP) is 5.28. The Morgan fingerprint density at radius 1 is 1.10 bits per heavy atom. The van der Waals surface area contributed by atoms with Crippen LogP contribution in [0.2, 0.25) is 15.1 Å². The van der Waals surface area contributed by atoms with E-state index in [1.807, 2.05) is 0 Å². The molecule has 0 aliphatic heterocycles. The summed E-state index contributed by atoms with van der Waals surface area (Å²) in [5, 5.41) is 9.71. The molecule has 1 atom stereocenters. The zero-order valence-corrected chi connectivity index (χ0v) is 12.7. The van der Waals surface area contributed by atoms with E-state index in [0.29, 0.717) is 0 Å². The third-order valence-electron chi connectivity index (χ3n) is 2.88. The summed E-state index contributed by atoms with van der Waals surface area (Å²) in [5.41, 5.74) is 0.0213. The molecule has 0 spiro atoms. The van der Waals surface area contributed by atoms with Crippen molar-refractivity contribution >= 4 is 40.6 Å². The first-order valence-electron chi connectivity index (χ1n) is 5.78. The fraction of sp³-hybridized carbons (Fsp3) is 0.0667. The summed E-state index contributed by atoms with van der Waals surface area (Å²) in [5.74, 6) is -2.65. The number of carbonyl (C=O) groups excluding carboxylic acids is 1. The molecule has 1 unspecified atom stereocenters. The lowest BCUT2D eigenvalue weighted by Crippen LogP contribution is -2.13. The summed E-state index contributed by atoms with van der Waals surface area (Å²) in [4.78, 5) is 12.4. The van der Waals surface area contributed by atoms with Gasteiger partial charge < -0.3 is 0 Å². The molecule has 2 rings (SSSR count). The first kappa shape index (κ1) is 15.8. The normalized spacial score (nSPS) is 11.8. The molecule has 0 heterocycles. The Bertz CT molecular complexity index is 735. The van der Waals surface area contributed by atoms with Gasteiger partial charge in [0.2, 0.25) is 0 Å². The Morgan fingerprint density at radius 2 is 1.81 bits per heavy atom. The van der Waals surface area contributed by atoms with Gasteiger partial charge in [-0.2, -0.15) is 5.26 Å². The van der Waals surface area contributed by atoms with Crippen LogP contribution >= 0.6 is 34.8 Å². The number of Topliss-reactive ketones (excluding diaryl/α,β-unsaturated/α-hetero) is 1. The van der Waals surface area contributed by atoms with Crippen LogP contribution < -0.4 is 0 Å². The maximum absolute atomic E-state index is 13.9. The minimum atomic E-state index is -1.35. The van der Waals surface area contributed by atoms with Gasteiger partial charge in [0.15, 0.2) is 5.78 Å². The lowest BCUT2D eigenvalue weighted by atomic mass is 9.91. The second-order valence-electron chi connectivity index (χ2n) is 4.19. The van der Waals surface area contributed by atoms with Crippen LogP contribution in [-0.4, -0.2) is 5.78 Å². The van der Waals surface area contributed by atoms with Gasteiger partial charge in [0, 0.05) is 16.1 Å². The van der Waals surface area contributed by atoms with Crippen LogP contribution in [0.25, 0.3) is 0 Å². The third-order valence-corrected chi connectivity index (χ3v) is 3.95. The molecule has 0 aromatic heterocycles. The Morgan fingerprint density at radius 3 is 2.38 bits per heavy atom. The van der Waals surface area contributed by atoms with Gasteiger partial charge in [-0.3, -0.25) is 4.79 Å². The average Bonchev–Trinajstić information content (AvgIpc) is 2.45. The molecule has 6 heteroatoms. The summed E-state index contributed by atoms with van der Waals surface area (Å²) in [6, 6.07) is 9.96. The first-order chi connectivity index (χ1) is 9.95. The Labute approximate surface area is 135 Å². The molecule has 0 amide bonds. The van der Waals surface area contributed by atoms with Crippen molar-refractivity contribution in [3.63, 3.8) is 0 Å². The molecule has 2 aromatic carbocycles. The quantitative estimate of drug-likeness (QED) is 0.712. The van der Waals surface area contributed by atoms with Crippen molar-refractivity contribution in [2.75, 3.05) is 0 Å². The molecule has 0 aliphatic carbocycles. The number of rotatable bonds is 3. The molecule has 0 radical (unpaired) electrons. The van der Waals surface area contributed by atoms with Crippen LogP contribution in [0.5, 0.6) is 0 Å². The number of hydrogen-bond donors (Lipinski definition) is 0. The maximum atomic E-state index is 13.9. The molecule has 106 valence electrons. The molecule has 2 aromatic rings. The molecule has 0 bridgehead atoms. The number of benzene rings is 2. The lowest BCUT2D eigenvalue weighted by Gasteiger charge is -2.12. The highest BCUT2D eigenvalue weighted by Crippen LogP contribution is 2.31. The van der Waals surface area contributed by atoms with Gasteiger partial charge >= 0.3 is 0 Å². The van der Waals surface area contributed by atoms with Gasteiger partial charge in [-0.25, -0.2) is 4.39 Å². The summed E-state index contributed by atoms with van der Waals surface area (Å²) >= 11 is 17.5. The fourth-order valence-corrected chi connectivity index (χ4v) is 2.43. The van der Waals surface area contributed by atoms with Gasteiger partial charge in [0.05, 0.1) is 16.1 Å². The van der Waals surface area contributed by atoms with Gasteiger partial charge in [0.25, 0.3) is 0 Å². The van der Waals surface area contributed by atoms with Crippen LogP contribution in [0.15, 0.2) is 36.4 Å². The number of nitriles is 1. The smallest absolute Gasteiger partial charge is 0.184 e. The summed E-state index contributed by atoms with van der Waals surface area (Å²) in [6.45, 7) is 0. The molecule has 0 aliphatic rings. The van der Waals surface area contributed by atoms with Crippen molar-refractivity contribution in [2.24, 2.45) is 0 Å². The standard InChI is InChI=1S/C15H7Cl3FNO/c16-10-5-4-8(6-12(10)18)15(21)9(7-20)14-11(17)2-1-3-13(14)19/h1-6,9H. The van der Waals surface area contributed by atoms with Crippen LogP contribution in [0.1, 0.15) is 21.8 Å². The molecule has 2 nitrogen and oxygen atoms in total. The van der Waals surface area contributed by atoms with Crippen molar-refractivity contribution in [2.45, 2.75) is 5.92 Å². The minimum Gasteiger partial charge on any atom is -0.292 e. The fourth-order valence-electron chi connectivity index (χ4n) is 1.86. The Hall–Kier alpha value is -1.60. The summed E-state index contributed by atoms with van der Waals surface area (Å²) < 4.78 is 13.9. The van der Waals surface area contributed by atoms with Crippen molar-refractivity contribution < 1.29 is 9.18 Å². The topological polar surface area (TPSA) is 40.9 Å². The van der Waals surface area contributed by atoms with Crippen molar-refractivity contribution in [1.82, 2.24) is 0 Å². The maximum Gasteiger partial charge on any atom is 0.184 e. The molecular formula is C15H7Cl3FNO. The van der Waals surface area contributed by atoms with E-state index >= 15 is 0 Å².